The van der Waals surface area contributed by atoms with E-state index in [0.717, 1.165) is 0 Å². The van der Waals surface area contributed by atoms with Crippen LogP contribution in [0.2, 0.25) is 26.2 Å². The molecule has 0 aliphatic heterocycles. The van der Waals surface area contributed by atoms with E-state index in [0.29, 0.717) is 0 Å². The maximum atomic E-state index is 2.31. The minimum atomic E-state index is 0. The fourth-order valence-corrected chi connectivity index (χ4v) is 11.5. The summed E-state index contributed by atoms with van der Waals surface area (Å²) in [4.78, 5) is 0. The van der Waals surface area contributed by atoms with Crippen molar-refractivity contribution in [1.82, 2.24) is 18.3 Å². The molecular formula is C76H68Cl2N4Si2Zr2-2. The summed E-state index contributed by atoms with van der Waals surface area (Å²) in [5.74, 6) is 0. The standard InChI is InChI=1S/4C18H14N.2C2H6Si.2ClH.2Zr/c4*1-13-11-15-6-4-8-18(16(15)12-13)19-10-9-14-5-2-3-7-17(14)19;2*1-3-2;;;;/h4*2-12H,1H3;2*1-2H3;2*1H;;/q4*-1;;;;;2*+2/p-2. The minimum absolute atomic E-state index is 0. The summed E-state index contributed by atoms with van der Waals surface area (Å²) in [7, 11) is 0. The van der Waals surface area contributed by atoms with Gasteiger partial charge in [0.05, 0.1) is 22.1 Å². The molecule has 0 atom stereocenters. The zero-order valence-electron chi connectivity index (χ0n) is 49.9. The summed E-state index contributed by atoms with van der Waals surface area (Å²) in [6.07, 6.45) is 8.62. The van der Waals surface area contributed by atoms with Crippen LogP contribution in [0.15, 0.2) is 267 Å². The van der Waals surface area contributed by atoms with Crippen molar-refractivity contribution in [3.05, 3.63) is 290 Å². The molecule has 16 rings (SSSR count). The number of para-hydroxylation sites is 4. The third kappa shape index (κ3) is 14.3. The van der Waals surface area contributed by atoms with E-state index in [2.05, 4.69) is 340 Å². The third-order valence-electron chi connectivity index (χ3n) is 14.9. The fraction of sp³-hybridized carbons (Fsp3) is 0.105. The Morgan fingerprint density at radius 3 is 0.686 bits per heavy atom. The van der Waals surface area contributed by atoms with Crippen LogP contribution >= 0.6 is 0 Å². The average molecular weight is 1350 g/mol. The Balaban J connectivity index is 0.000000130. The number of aromatic nitrogens is 4. The maximum Gasteiger partial charge on any atom is 0.0519 e. The van der Waals surface area contributed by atoms with E-state index in [-0.39, 0.29) is 35.7 Å². The number of aryl methyl sites for hydroxylation is 4. The Morgan fingerprint density at radius 2 is 0.477 bits per heavy atom. The molecule has 0 aliphatic rings. The van der Waals surface area contributed by atoms with Gasteiger partial charge in [0, 0.05) is 47.5 Å². The SMILES string of the molecule is C[Si](C)=[Zr+2].C[Si](C)=[Zr+2].Cc1cc2c(-n3ccc4ccccc43)cccc2[cH-]1.Cc1cc2c(-n3ccc4ccccc43)cccc2[cH-]1.Cc1cc2c(-n3ccc4ccccc43)cccc2[cH-]1.Cc1cc2c(-n3ccc4ccccc43)cccc2[cH-]1.[Cl-].[Cl-]. The van der Waals surface area contributed by atoms with Crippen LogP contribution < -0.4 is 24.8 Å². The van der Waals surface area contributed by atoms with Crippen molar-refractivity contribution in [3.63, 3.8) is 0 Å². The van der Waals surface area contributed by atoms with E-state index in [4.69, 9.17) is 0 Å². The number of fused-ring (bicyclic) bond motifs is 8. The molecule has 86 heavy (non-hydrogen) atoms. The van der Waals surface area contributed by atoms with Crippen molar-refractivity contribution < 1.29 is 71.5 Å². The van der Waals surface area contributed by atoms with Crippen LogP contribution in [0.4, 0.5) is 0 Å². The Bertz CT molecular complexity index is 4350. The molecule has 4 heterocycles. The third-order valence-corrected chi connectivity index (χ3v) is 14.9. The van der Waals surface area contributed by atoms with Crippen molar-refractivity contribution in [3.8, 4) is 22.7 Å². The first-order valence-corrected chi connectivity index (χ1v) is 41.1. The molecule has 4 aromatic heterocycles. The average Bonchev–Trinajstić information content (AvgIpc) is 4.49. The van der Waals surface area contributed by atoms with E-state index in [1.807, 2.05) is 0 Å². The topological polar surface area (TPSA) is 19.7 Å². The molecule has 16 aromatic rings. The Morgan fingerprint density at radius 1 is 0.279 bits per heavy atom. The number of hydrogen-bond donors (Lipinski definition) is 0. The van der Waals surface area contributed by atoms with Crippen LogP contribution in [0, 0.1) is 27.7 Å². The van der Waals surface area contributed by atoms with Gasteiger partial charge in [0.2, 0.25) is 0 Å². The van der Waals surface area contributed by atoms with Crippen LogP contribution in [-0.4, -0.2) is 29.1 Å². The molecule has 424 valence electrons. The Hall–Kier alpha value is -6.86. The quantitative estimate of drug-likeness (QED) is 0.124. The smallest absolute Gasteiger partial charge is 0.0519 e. The molecule has 10 heteroatoms. The number of halogens is 2. The Labute approximate surface area is 548 Å². The first-order chi connectivity index (χ1) is 40.8. The van der Waals surface area contributed by atoms with Gasteiger partial charge in [-0.25, -0.2) is 0 Å². The summed E-state index contributed by atoms with van der Waals surface area (Å²) in [5, 5.41) is 15.7. The first-order valence-electron chi connectivity index (χ1n) is 28.7. The molecule has 0 fully saturated rings. The molecule has 4 nitrogen and oxygen atoms in total. The second-order valence-electron chi connectivity index (χ2n) is 22.2. The van der Waals surface area contributed by atoms with Gasteiger partial charge < -0.3 is 43.1 Å². The van der Waals surface area contributed by atoms with Gasteiger partial charge in [-0.05, 0) is 70.1 Å². The summed E-state index contributed by atoms with van der Waals surface area (Å²) in [5.41, 5.74) is 15.8. The van der Waals surface area contributed by atoms with Crippen molar-refractivity contribution in [2.45, 2.75) is 53.9 Å². The normalized spacial score (nSPS) is 10.7. The molecule has 0 bridgehead atoms. The zero-order chi connectivity index (χ0) is 58.4. The van der Waals surface area contributed by atoms with Gasteiger partial charge in [-0.3, -0.25) is 0 Å². The zero-order valence-corrected chi connectivity index (χ0v) is 58.4. The van der Waals surface area contributed by atoms with E-state index in [9.17, 15) is 0 Å². The molecule has 0 saturated carbocycles. The van der Waals surface area contributed by atoms with Crippen molar-refractivity contribution >= 4 is 97.6 Å². The predicted octanol–water partition coefficient (Wildman–Crippen LogP) is 14.8. The van der Waals surface area contributed by atoms with Crippen molar-refractivity contribution in [2.75, 3.05) is 0 Å². The van der Waals surface area contributed by atoms with Crippen LogP contribution in [0.5, 0.6) is 0 Å². The Kier molecular flexibility index (Phi) is 21.3. The van der Waals surface area contributed by atoms with Gasteiger partial charge in [-0.1, -0.05) is 125 Å². The minimum Gasteiger partial charge on any atom is -1.00 e. The van der Waals surface area contributed by atoms with E-state index < -0.39 is 0 Å². The van der Waals surface area contributed by atoms with Crippen molar-refractivity contribution in [1.29, 1.82) is 0 Å². The number of nitrogens with zero attached hydrogens (tertiary/aromatic N) is 4. The summed E-state index contributed by atoms with van der Waals surface area (Å²) in [6.45, 7) is 17.8. The van der Waals surface area contributed by atoms with Gasteiger partial charge in [0.25, 0.3) is 0 Å². The predicted molar refractivity (Wildman–Crippen MR) is 359 cm³/mol. The summed E-state index contributed by atoms with van der Waals surface area (Å²) >= 11 is 3.48. The molecule has 0 radical (unpaired) electrons. The van der Waals surface area contributed by atoms with Crippen LogP contribution in [0.1, 0.15) is 22.3 Å². The molecular weight excluding hydrogens is 1280 g/mol. The van der Waals surface area contributed by atoms with Gasteiger partial charge in [-0.2, -0.15) is 24.3 Å². The van der Waals surface area contributed by atoms with Gasteiger partial charge in [0.1, 0.15) is 0 Å². The molecule has 12 aromatic carbocycles. The number of hydrogen-bond acceptors (Lipinski definition) is 0. The molecule has 0 saturated heterocycles. The monoisotopic (exact) mass is 1340 g/mol. The second-order valence-corrected chi connectivity index (χ2v) is 41.0. The molecule has 0 N–H and O–H groups in total. The van der Waals surface area contributed by atoms with Gasteiger partial charge in [-0.15, -0.1) is 138 Å². The van der Waals surface area contributed by atoms with E-state index in [1.54, 1.807) is 46.7 Å². The first kappa shape index (κ1) is 63.6. The molecule has 0 unspecified atom stereocenters. The van der Waals surface area contributed by atoms with E-state index >= 15 is 0 Å². The van der Waals surface area contributed by atoms with Crippen molar-refractivity contribution in [2.24, 2.45) is 0 Å². The van der Waals surface area contributed by atoms with Crippen LogP contribution in [0.25, 0.3) is 109 Å². The second kappa shape index (κ2) is 28.8. The fourth-order valence-electron chi connectivity index (χ4n) is 11.5. The number of benzene rings is 8. The molecule has 0 amide bonds. The van der Waals surface area contributed by atoms with Crippen LogP contribution in [0.3, 0.4) is 0 Å². The molecule has 0 aliphatic carbocycles. The molecule has 0 spiro atoms. The van der Waals surface area contributed by atoms with E-state index in [1.165, 1.54) is 132 Å². The van der Waals surface area contributed by atoms with Gasteiger partial charge >= 0.3 is 83.7 Å². The van der Waals surface area contributed by atoms with Crippen LogP contribution in [-0.2, 0) is 46.7 Å². The summed E-state index contributed by atoms with van der Waals surface area (Å²) < 4.78 is 9.10. The summed E-state index contributed by atoms with van der Waals surface area (Å²) in [6, 6.07) is 86.7. The van der Waals surface area contributed by atoms with Gasteiger partial charge in [0.15, 0.2) is 0 Å². The number of rotatable bonds is 4. The largest absolute Gasteiger partial charge is 1.00 e. The maximum absolute atomic E-state index is 2.31.